The normalized spacial score (nSPS) is 10.7. The lowest BCUT2D eigenvalue weighted by Gasteiger charge is -2.06. The molecule has 0 fully saturated rings. The number of carbonyl (C=O) groups is 2. The summed E-state index contributed by atoms with van der Waals surface area (Å²) in [4.78, 5) is 33.1. The molecule has 0 aromatic heterocycles. The van der Waals surface area contributed by atoms with E-state index < -0.39 is 16.8 Å². The van der Waals surface area contributed by atoms with E-state index in [2.05, 4.69) is 5.32 Å². The van der Waals surface area contributed by atoms with Crippen LogP contribution in [-0.4, -0.2) is 16.8 Å². The maximum Gasteiger partial charge on any atom is 0.288 e. The molecule has 0 aliphatic rings. The van der Waals surface area contributed by atoms with E-state index in [9.17, 15) is 24.8 Å². The molecule has 130 valence electrons. The van der Waals surface area contributed by atoms with Crippen LogP contribution in [0, 0.1) is 21.4 Å². The molecule has 0 bridgehead atoms. The minimum Gasteiger partial charge on any atom is -0.545 e. The molecule has 0 atom stereocenters. The molecule has 9 heteroatoms. The monoisotopic (exact) mass is 370 g/mol. The van der Waals surface area contributed by atoms with Gasteiger partial charge in [-0.15, -0.1) is 0 Å². The van der Waals surface area contributed by atoms with Crippen LogP contribution in [0.2, 0.25) is 5.02 Å². The van der Waals surface area contributed by atoms with Crippen LogP contribution >= 0.6 is 11.6 Å². The van der Waals surface area contributed by atoms with Crippen molar-refractivity contribution in [1.82, 2.24) is 0 Å². The zero-order valence-electron chi connectivity index (χ0n) is 12.9. The highest BCUT2D eigenvalue weighted by molar-refractivity contribution is 6.32. The number of nitro benzene ring substituents is 1. The predicted octanol–water partition coefficient (Wildman–Crippen LogP) is 2.16. The Balaban J connectivity index is 2.24. The van der Waals surface area contributed by atoms with E-state index in [1.54, 1.807) is 6.07 Å². The van der Waals surface area contributed by atoms with Gasteiger partial charge in [0.2, 0.25) is 0 Å². The molecule has 0 aliphatic carbocycles. The first-order chi connectivity index (χ1) is 12.3. The van der Waals surface area contributed by atoms with Crippen LogP contribution in [0.15, 0.2) is 48.0 Å². The van der Waals surface area contributed by atoms with Crippen LogP contribution in [0.3, 0.4) is 0 Å². The molecule has 1 N–H and O–H groups in total. The fourth-order valence-electron chi connectivity index (χ4n) is 1.96. The fourth-order valence-corrected chi connectivity index (χ4v) is 2.15. The molecule has 0 radical (unpaired) electrons. The van der Waals surface area contributed by atoms with Crippen molar-refractivity contribution in [2.75, 3.05) is 5.32 Å². The number of halogens is 1. The lowest BCUT2D eigenvalue weighted by Crippen LogP contribution is -2.22. The molecule has 26 heavy (non-hydrogen) atoms. The molecule has 0 heterocycles. The highest BCUT2D eigenvalue weighted by atomic mass is 35.5. The van der Waals surface area contributed by atoms with Crippen LogP contribution in [0.4, 0.5) is 11.4 Å². The molecular formula is C17H9ClN3O5-. The zero-order valence-corrected chi connectivity index (χ0v) is 13.7. The summed E-state index contributed by atoms with van der Waals surface area (Å²) in [5.74, 6) is -2.11. The Labute approximate surface area is 152 Å². The minimum absolute atomic E-state index is 0.0625. The van der Waals surface area contributed by atoms with Gasteiger partial charge in [0.15, 0.2) is 0 Å². The van der Waals surface area contributed by atoms with Gasteiger partial charge in [0.25, 0.3) is 11.6 Å². The number of carbonyl (C=O) groups excluding carboxylic acids is 2. The largest absolute Gasteiger partial charge is 0.545 e. The van der Waals surface area contributed by atoms with Crippen molar-refractivity contribution in [2.24, 2.45) is 0 Å². The first kappa shape index (κ1) is 18.6. The van der Waals surface area contributed by atoms with Gasteiger partial charge in [-0.05, 0) is 35.4 Å². The number of carboxylic acids is 1. The highest BCUT2D eigenvalue weighted by Gasteiger charge is 2.14. The third kappa shape index (κ3) is 4.43. The zero-order chi connectivity index (χ0) is 19.3. The van der Waals surface area contributed by atoms with Crippen LogP contribution in [0.5, 0.6) is 0 Å². The smallest absolute Gasteiger partial charge is 0.288 e. The predicted molar refractivity (Wildman–Crippen MR) is 91.1 cm³/mol. The summed E-state index contributed by atoms with van der Waals surface area (Å²) in [7, 11) is 0. The van der Waals surface area contributed by atoms with Crippen molar-refractivity contribution >= 4 is 40.9 Å². The molecule has 0 spiro atoms. The topological polar surface area (TPSA) is 136 Å². The third-order valence-corrected chi connectivity index (χ3v) is 3.54. The Morgan fingerprint density at radius 2 is 1.85 bits per heavy atom. The van der Waals surface area contributed by atoms with Gasteiger partial charge in [-0.1, -0.05) is 29.8 Å². The summed E-state index contributed by atoms with van der Waals surface area (Å²) < 4.78 is 0. The molecule has 8 nitrogen and oxygen atoms in total. The Morgan fingerprint density at radius 1 is 1.19 bits per heavy atom. The van der Waals surface area contributed by atoms with Crippen molar-refractivity contribution in [3.05, 3.63) is 74.3 Å². The van der Waals surface area contributed by atoms with Crippen LogP contribution in [-0.2, 0) is 4.79 Å². The average molecular weight is 371 g/mol. The number of nitrogens with one attached hydrogen (secondary N) is 1. The Kier molecular flexibility index (Phi) is 5.67. The summed E-state index contributed by atoms with van der Waals surface area (Å²) in [6.07, 6.45) is 1.17. The summed E-state index contributed by atoms with van der Waals surface area (Å²) >= 11 is 5.71. The number of carboxylic acid groups (broad SMARTS) is 1. The molecule has 0 saturated carbocycles. The summed E-state index contributed by atoms with van der Waals surface area (Å²) in [5.41, 5.74) is -0.197. The van der Waals surface area contributed by atoms with Gasteiger partial charge >= 0.3 is 0 Å². The standard InChI is InChI=1S/C17H10ClN3O5/c18-14-6-1-10(8-15(14)21(25)26)7-12(9-19)16(22)20-13-4-2-11(3-5-13)17(23)24/h1-8H,(H,20,22)(H,23,24)/p-1/b12-7+. The third-order valence-electron chi connectivity index (χ3n) is 3.22. The quantitative estimate of drug-likeness (QED) is 0.370. The first-order valence-electron chi connectivity index (χ1n) is 7.00. The highest BCUT2D eigenvalue weighted by Crippen LogP contribution is 2.26. The van der Waals surface area contributed by atoms with Crippen LogP contribution in [0.1, 0.15) is 15.9 Å². The van der Waals surface area contributed by atoms with E-state index in [1.807, 2.05) is 0 Å². The van der Waals surface area contributed by atoms with Gasteiger partial charge in [0, 0.05) is 11.8 Å². The van der Waals surface area contributed by atoms with Gasteiger partial charge in [0.1, 0.15) is 16.7 Å². The van der Waals surface area contributed by atoms with E-state index in [4.69, 9.17) is 16.9 Å². The van der Waals surface area contributed by atoms with Gasteiger partial charge in [0.05, 0.1) is 10.9 Å². The van der Waals surface area contributed by atoms with Crippen molar-refractivity contribution in [3.63, 3.8) is 0 Å². The molecule has 0 aliphatic heterocycles. The number of aromatic carboxylic acids is 1. The van der Waals surface area contributed by atoms with Crippen molar-refractivity contribution < 1.29 is 19.6 Å². The maximum atomic E-state index is 12.2. The van der Waals surface area contributed by atoms with Crippen molar-refractivity contribution in [2.45, 2.75) is 0 Å². The Hall–Kier alpha value is -3.70. The van der Waals surface area contributed by atoms with E-state index in [1.165, 1.54) is 42.5 Å². The lowest BCUT2D eigenvalue weighted by atomic mass is 10.1. The van der Waals surface area contributed by atoms with E-state index in [0.717, 1.165) is 6.07 Å². The summed E-state index contributed by atoms with van der Waals surface area (Å²) in [5, 5.41) is 33.1. The van der Waals surface area contributed by atoms with E-state index in [-0.39, 0.29) is 33.1 Å². The maximum absolute atomic E-state index is 12.2. The van der Waals surface area contributed by atoms with Crippen LogP contribution in [0.25, 0.3) is 6.08 Å². The summed E-state index contributed by atoms with van der Waals surface area (Å²) in [6.45, 7) is 0. The first-order valence-corrected chi connectivity index (χ1v) is 7.38. The molecular weight excluding hydrogens is 362 g/mol. The number of nitro groups is 1. The number of benzene rings is 2. The summed E-state index contributed by atoms with van der Waals surface area (Å²) in [6, 6.07) is 10.7. The van der Waals surface area contributed by atoms with Crippen LogP contribution < -0.4 is 10.4 Å². The molecule has 1 amide bonds. The molecule has 0 unspecified atom stereocenters. The number of nitriles is 1. The number of hydrogen-bond acceptors (Lipinski definition) is 6. The Bertz CT molecular complexity index is 961. The number of rotatable bonds is 5. The molecule has 0 saturated heterocycles. The second-order valence-corrected chi connectivity index (χ2v) is 5.36. The molecule has 2 aromatic carbocycles. The number of anilines is 1. The van der Waals surface area contributed by atoms with Gasteiger partial charge in [-0.25, -0.2) is 0 Å². The van der Waals surface area contributed by atoms with Crippen molar-refractivity contribution in [1.29, 1.82) is 5.26 Å². The second-order valence-electron chi connectivity index (χ2n) is 4.96. The number of amides is 1. The number of nitrogens with zero attached hydrogens (tertiary/aromatic N) is 2. The van der Waals surface area contributed by atoms with Gasteiger partial charge in [-0.2, -0.15) is 5.26 Å². The van der Waals surface area contributed by atoms with Gasteiger partial charge in [-0.3, -0.25) is 14.9 Å². The van der Waals surface area contributed by atoms with E-state index >= 15 is 0 Å². The molecule has 2 aromatic rings. The molecule has 2 rings (SSSR count). The van der Waals surface area contributed by atoms with E-state index in [0.29, 0.717) is 0 Å². The fraction of sp³-hybridized carbons (Fsp3) is 0. The number of hydrogen-bond donors (Lipinski definition) is 1. The van der Waals surface area contributed by atoms with Gasteiger partial charge < -0.3 is 15.2 Å². The minimum atomic E-state index is -1.36. The lowest BCUT2D eigenvalue weighted by molar-refractivity contribution is -0.384. The second kappa shape index (κ2) is 7.92. The van der Waals surface area contributed by atoms with Crippen molar-refractivity contribution in [3.8, 4) is 6.07 Å². The SMILES string of the molecule is N#C/C(=C\c1ccc(Cl)c([N+](=O)[O-])c1)C(=O)Nc1ccc(C(=O)[O-])cc1. The average Bonchev–Trinajstić information content (AvgIpc) is 2.61. The Morgan fingerprint density at radius 3 is 2.38 bits per heavy atom.